The number of nitrogens with zero attached hydrogens (tertiary/aromatic N) is 2. The summed E-state index contributed by atoms with van der Waals surface area (Å²) >= 11 is 0. The predicted molar refractivity (Wildman–Crippen MR) is 91.9 cm³/mol. The highest BCUT2D eigenvalue weighted by atomic mass is 16.5. The van der Waals surface area contributed by atoms with Crippen LogP contribution in [0, 0.1) is 0 Å². The topological polar surface area (TPSA) is 83.1 Å². The maximum absolute atomic E-state index is 11.0. The maximum atomic E-state index is 11.0. The van der Waals surface area contributed by atoms with Gasteiger partial charge in [0.05, 0.1) is 27.1 Å². The summed E-state index contributed by atoms with van der Waals surface area (Å²) in [7, 11) is 2.83. The SMILES string of the molecule is COC(=O)CCNCCN1CCN(CCNCCC(=O)OC)CC1. The lowest BCUT2D eigenvalue weighted by Gasteiger charge is -2.34. The van der Waals surface area contributed by atoms with Crippen LogP contribution in [0.5, 0.6) is 0 Å². The minimum Gasteiger partial charge on any atom is -0.469 e. The molecule has 0 unspecified atom stereocenters. The number of nitrogens with one attached hydrogen (secondary N) is 2. The van der Waals surface area contributed by atoms with Crippen molar-refractivity contribution in [1.29, 1.82) is 0 Å². The second-order valence-electron chi connectivity index (χ2n) is 5.84. The number of esters is 2. The average molecular weight is 344 g/mol. The van der Waals surface area contributed by atoms with Crippen LogP contribution < -0.4 is 10.6 Å². The maximum Gasteiger partial charge on any atom is 0.306 e. The Kier molecular flexibility index (Phi) is 11.4. The van der Waals surface area contributed by atoms with Crippen molar-refractivity contribution in [1.82, 2.24) is 20.4 Å². The molecule has 0 atom stereocenters. The number of hydrogen-bond acceptors (Lipinski definition) is 8. The average Bonchev–Trinajstić information content (AvgIpc) is 2.61. The van der Waals surface area contributed by atoms with Gasteiger partial charge in [0.25, 0.3) is 0 Å². The first kappa shape index (κ1) is 20.8. The van der Waals surface area contributed by atoms with E-state index in [1.807, 2.05) is 0 Å². The normalized spacial score (nSPS) is 16.1. The fraction of sp³-hybridized carbons (Fsp3) is 0.875. The molecule has 0 aromatic rings. The first-order chi connectivity index (χ1) is 11.7. The van der Waals surface area contributed by atoms with E-state index in [4.69, 9.17) is 0 Å². The molecule has 0 amide bonds. The van der Waals surface area contributed by atoms with Gasteiger partial charge in [-0.3, -0.25) is 19.4 Å². The van der Waals surface area contributed by atoms with Gasteiger partial charge < -0.3 is 20.1 Å². The molecule has 1 rings (SSSR count). The number of piperazine rings is 1. The molecule has 24 heavy (non-hydrogen) atoms. The van der Waals surface area contributed by atoms with Gasteiger partial charge in [-0.1, -0.05) is 0 Å². The number of rotatable bonds is 12. The summed E-state index contributed by atoms with van der Waals surface area (Å²) in [6, 6.07) is 0. The van der Waals surface area contributed by atoms with Gasteiger partial charge in [0.2, 0.25) is 0 Å². The molecule has 8 nitrogen and oxygen atoms in total. The van der Waals surface area contributed by atoms with Crippen LogP contribution in [0.1, 0.15) is 12.8 Å². The molecule has 0 spiro atoms. The molecule has 0 aliphatic carbocycles. The van der Waals surface area contributed by atoms with Gasteiger partial charge in [-0.2, -0.15) is 0 Å². The van der Waals surface area contributed by atoms with Gasteiger partial charge in [-0.25, -0.2) is 0 Å². The van der Waals surface area contributed by atoms with E-state index >= 15 is 0 Å². The van der Waals surface area contributed by atoms with Gasteiger partial charge in [-0.15, -0.1) is 0 Å². The molecule has 0 bridgehead atoms. The third-order valence-corrected chi connectivity index (χ3v) is 4.14. The second kappa shape index (κ2) is 13.1. The van der Waals surface area contributed by atoms with Crippen molar-refractivity contribution in [3.8, 4) is 0 Å². The summed E-state index contributed by atoms with van der Waals surface area (Å²) in [6.45, 7) is 9.42. The van der Waals surface area contributed by atoms with E-state index < -0.39 is 0 Å². The summed E-state index contributed by atoms with van der Waals surface area (Å²) in [5.41, 5.74) is 0. The molecule has 1 fully saturated rings. The third kappa shape index (κ3) is 9.82. The molecule has 1 heterocycles. The molecule has 0 radical (unpaired) electrons. The lowest BCUT2D eigenvalue weighted by Crippen LogP contribution is -2.49. The van der Waals surface area contributed by atoms with Gasteiger partial charge in [0.1, 0.15) is 0 Å². The molecule has 1 aliphatic rings. The summed E-state index contributed by atoms with van der Waals surface area (Å²) < 4.78 is 9.20. The summed E-state index contributed by atoms with van der Waals surface area (Å²) in [5, 5.41) is 6.53. The summed E-state index contributed by atoms with van der Waals surface area (Å²) in [6.07, 6.45) is 0.848. The third-order valence-electron chi connectivity index (χ3n) is 4.14. The van der Waals surface area contributed by atoms with Crippen LogP contribution in [0.15, 0.2) is 0 Å². The Morgan fingerprint density at radius 1 is 0.750 bits per heavy atom. The van der Waals surface area contributed by atoms with Crippen LogP contribution in [-0.2, 0) is 19.1 Å². The largest absolute Gasteiger partial charge is 0.469 e. The predicted octanol–water partition coefficient (Wildman–Crippen LogP) is -1.09. The Bertz CT molecular complexity index is 326. The highest BCUT2D eigenvalue weighted by Crippen LogP contribution is 2.00. The molecule has 8 heteroatoms. The minimum absolute atomic E-state index is 0.170. The van der Waals surface area contributed by atoms with Crippen molar-refractivity contribution in [2.75, 3.05) is 79.7 Å². The Balaban J connectivity index is 1.94. The Morgan fingerprint density at radius 3 is 1.46 bits per heavy atom. The lowest BCUT2D eigenvalue weighted by molar-refractivity contribution is -0.141. The molecule has 1 aliphatic heterocycles. The van der Waals surface area contributed by atoms with Crippen LogP contribution in [-0.4, -0.2) is 101 Å². The molecule has 0 saturated carbocycles. The molecule has 0 aromatic carbocycles. The van der Waals surface area contributed by atoms with Gasteiger partial charge in [-0.05, 0) is 0 Å². The molecular weight excluding hydrogens is 312 g/mol. The zero-order valence-corrected chi connectivity index (χ0v) is 15.0. The van der Waals surface area contributed by atoms with Gasteiger partial charge in [0.15, 0.2) is 0 Å². The zero-order valence-electron chi connectivity index (χ0n) is 15.0. The summed E-state index contributed by atoms with van der Waals surface area (Å²) in [4.78, 5) is 26.8. The molecule has 2 N–H and O–H groups in total. The Labute approximate surface area is 144 Å². The number of methoxy groups -OCH3 is 2. The number of hydrogen-bond donors (Lipinski definition) is 2. The Morgan fingerprint density at radius 2 is 1.12 bits per heavy atom. The van der Waals surface area contributed by atoms with Gasteiger partial charge in [0, 0.05) is 65.4 Å². The quantitative estimate of drug-likeness (QED) is 0.341. The lowest BCUT2D eigenvalue weighted by atomic mass is 10.3. The Hall–Kier alpha value is -1.22. The minimum atomic E-state index is -0.170. The standard InChI is InChI=1S/C16H32N4O4/c1-23-15(21)3-5-17-7-9-19-11-13-20(14-12-19)10-8-18-6-4-16(22)24-2/h17-18H,3-14H2,1-2H3. The van der Waals surface area contributed by atoms with Crippen molar-refractivity contribution in [2.45, 2.75) is 12.8 Å². The highest BCUT2D eigenvalue weighted by Gasteiger charge is 2.15. The molecule has 140 valence electrons. The van der Waals surface area contributed by atoms with Crippen LogP contribution in [0.4, 0.5) is 0 Å². The molecule has 0 aromatic heterocycles. The van der Waals surface area contributed by atoms with Crippen LogP contribution in [0.2, 0.25) is 0 Å². The van der Waals surface area contributed by atoms with E-state index in [2.05, 4.69) is 29.9 Å². The zero-order chi connectivity index (χ0) is 17.6. The van der Waals surface area contributed by atoms with Crippen molar-refractivity contribution in [2.24, 2.45) is 0 Å². The van der Waals surface area contributed by atoms with E-state index in [-0.39, 0.29) is 11.9 Å². The van der Waals surface area contributed by atoms with Crippen molar-refractivity contribution >= 4 is 11.9 Å². The molecular formula is C16H32N4O4. The van der Waals surface area contributed by atoms with Crippen LogP contribution >= 0.6 is 0 Å². The number of ether oxygens (including phenoxy) is 2. The van der Waals surface area contributed by atoms with Crippen LogP contribution in [0.3, 0.4) is 0 Å². The van der Waals surface area contributed by atoms with Crippen molar-refractivity contribution in [3.63, 3.8) is 0 Å². The van der Waals surface area contributed by atoms with E-state index in [1.165, 1.54) is 14.2 Å². The van der Waals surface area contributed by atoms with E-state index in [0.29, 0.717) is 25.9 Å². The first-order valence-corrected chi connectivity index (χ1v) is 8.65. The second-order valence-corrected chi connectivity index (χ2v) is 5.84. The summed E-state index contributed by atoms with van der Waals surface area (Å²) in [5.74, 6) is -0.340. The van der Waals surface area contributed by atoms with Gasteiger partial charge >= 0.3 is 11.9 Å². The smallest absolute Gasteiger partial charge is 0.306 e. The number of carbonyl (C=O) groups excluding carboxylic acids is 2. The fourth-order valence-electron chi connectivity index (χ4n) is 2.55. The van der Waals surface area contributed by atoms with E-state index in [1.54, 1.807) is 0 Å². The van der Waals surface area contributed by atoms with Crippen LogP contribution in [0.25, 0.3) is 0 Å². The first-order valence-electron chi connectivity index (χ1n) is 8.65. The number of carbonyl (C=O) groups is 2. The fourth-order valence-corrected chi connectivity index (χ4v) is 2.55. The van der Waals surface area contributed by atoms with Crippen molar-refractivity contribution < 1.29 is 19.1 Å². The van der Waals surface area contributed by atoms with E-state index in [9.17, 15) is 9.59 Å². The monoisotopic (exact) mass is 344 g/mol. The van der Waals surface area contributed by atoms with Crippen molar-refractivity contribution in [3.05, 3.63) is 0 Å². The highest BCUT2D eigenvalue weighted by molar-refractivity contribution is 5.69. The van der Waals surface area contributed by atoms with E-state index in [0.717, 1.165) is 52.4 Å². The molecule has 1 saturated heterocycles.